The van der Waals surface area contributed by atoms with Gasteiger partial charge in [-0.15, -0.1) is 0 Å². The molecule has 8 nitrogen and oxygen atoms in total. The van der Waals surface area contributed by atoms with Gasteiger partial charge in [-0.05, 0) is 20.0 Å². The molecule has 2 unspecified atom stereocenters. The molecular weight excluding hydrogens is 254 g/mol. The van der Waals surface area contributed by atoms with Crippen LogP contribution in [0.25, 0.3) is 0 Å². The molecule has 2 atom stereocenters. The van der Waals surface area contributed by atoms with Gasteiger partial charge in [0, 0.05) is 17.8 Å². The van der Waals surface area contributed by atoms with Crippen LogP contribution in [0.1, 0.15) is 18.1 Å². The van der Waals surface area contributed by atoms with E-state index in [-0.39, 0.29) is 17.1 Å². The molecule has 0 spiro atoms. The van der Waals surface area contributed by atoms with Crippen molar-refractivity contribution in [2.45, 2.75) is 18.6 Å². The lowest BCUT2D eigenvalue weighted by Gasteiger charge is -2.17. The van der Waals surface area contributed by atoms with Gasteiger partial charge in [0.1, 0.15) is 6.10 Å². The molecule has 0 amide bonds. The molecule has 0 radical (unpaired) electrons. The van der Waals surface area contributed by atoms with Crippen LogP contribution in [0, 0.1) is 10.1 Å². The first-order valence-electron chi connectivity index (χ1n) is 5.70. The topological polar surface area (TPSA) is 118 Å². The summed E-state index contributed by atoms with van der Waals surface area (Å²) in [7, 11) is 2.99. The predicted octanol–water partition coefficient (Wildman–Crippen LogP) is 0.00220. The number of nitrogens with zero attached hydrogens (tertiary/aromatic N) is 2. The SMILES string of the molecule is CNCCC(O)C(O)c1cnc(OC)c([N+](=O)[O-])c1. The van der Waals surface area contributed by atoms with Crippen molar-refractivity contribution in [1.29, 1.82) is 0 Å². The monoisotopic (exact) mass is 271 g/mol. The Morgan fingerprint density at radius 1 is 1.58 bits per heavy atom. The van der Waals surface area contributed by atoms with E-state index in [1.165, 1.54) is 13.3 Å². The number of aromatic nitrogens is 1. The standard InChI is InChI=1S/C11H17N3O5/c1-12-4-3-9(15)10(16)7-5-8(14(17)18)11(19-2)13-6-7/h5-6,9-10,12,15-16H,3-4H2,1-2H3. The Kier molecular flexibility index (Phi) is 5.61. The maximum absolute atomic E-state index is 10.8. The lowest BCUT2D eigenvalue weighted by Crippen LogP contribution is -2.23. The van der Waals surface area contributed by atoms with Gasteiger partial charge in [-0.25, -0.2) is 4.98 Å². The van der Waals surface area contributed by atoms with E-state index in [1.54, 1.807) is 7.05 Å². The highest BCUT2D eigenvalue weighted by molar-refractivity contribution is 5.43. The van der Waals surface area contributed by atoms with Crippen LogP contribution < -0.4 is 10.1 Å². The number of methoxy groups -OCH3 is 1. The van der Waals surface area contributed by atoms with Gasteiger partial charge < -0.3 is 20.3 Å². The Morgan fingerprint density at radius 2 is 2.26 bits per heavy atom. The Labute approximate surface area is 110 Å². The van der Waals surface area contributed by atoms with Crippen molar-refractivity contribution in [3.8, 4) is 5.88 Å². The number of ether oxygens (including phenoxy) is 1. The van der Waals surface area contributed by atoms with Crippen molar-refractivity contribution < 1.29 is 19.9 Å². The summed E-state index contributed by atoms with van der Waals surface area (Å²) in [4.78, 5) is 13.9. The number of nitrogens with one attached hydrogen (secondary N) is 1. The Hall–Kier alpha value is -1.77. The fourth-order valence-electron chi connectivity index (χ4n) is 1.58. The van der Waals surface area contributed by atoms with Gasteiger partial charge in [0.25, 0.3) is 5.88 Å². The van der Waals surface area contributed by atoms with Crippen molar-refractivity contribution in [3.05, 3.63) is 27.9 Å². The molecule has 8 heteroatoms. The summed E-state index contributed by atoms with van der Waals surface area (Å²) >= 11 is 0. The smallest absolute Gasteiger partial charge is 0.331 e. The third-order valence-corrected chi connectivity index (χ3v) is 2.64. The molecule has 1 aromatic rings. The zero-order chi connectivity index (χ0) is 14.4. The lowest BCUT2D eigenvalue weighted by molar-refractivity contribution is -0.386. The molecular formula is C11H17N3O5. The lowest BCUT2D eigenvalue weighted by atomic mass is 10.0. The van der Waals surface area contributed by atoms with Gasteiger partial charge in [-0.3, -0.25) is 10.1 Å². The first-order chi connectivity index (χ1) is 9.01. The molecule has 1 rings (SSSR count). The average Bonchev–Trinajstić information content (AvgIpc) is 2.42. The predicted molar refractivity (Wildman–Crippen MR) is 67.0 cm³/mol. The number of hydrogen-bond donors (Lipinski definition) is 3. The highest BCUT2D eigenvalue weighted by Crippen LogP contribution is 2.28. The highest BCUT2D eigenvalue weighted by Gasteiger charge is 2.23. The molecule has 19 heavy (non-hydrogen) atoms. The Bertz CT molecular complexity index is 440. The zero-order valence-corrected chi connectivity index (χ0v) is 10.7. The second-order valence-corrected chi connectivity index (χ2v) is 3.96. The molecule has 0 fully saturated rings. The average molecular weight is 271 g/mol. The number of aliphatic hydroxyl groups is 2. The Morgan fingerprint density at radius 3 is 2.79 bits per heavy atom. The Balaban J connectivity index is 2.94. The first-order valence-corrected chi connectivity index (χ1v) is 5.70. The molecule has 0 bridgehead atoms. The number of nitro groups is 1. The van der Waals surface area contributed by atoms with E-state index >= 15 is 0 Å². The van der Waals surface area contributed by atoms with Gasteiger partial charge in [0.2, 0.25) is 0 Å². The van der Waals surface area contributed by atoms with Crippen molar-refractivity contribution in [1.82, 2.24) is 10.3 Å². The highest BCUT2D eigenvalue weighted by atomic mass is 16.6. The summed E-state index contributed by atoms with van der Waals surface area (Å²) in [6, 6.07) is 1.15. The second kappa shape index (κ2) is 6.98. The molecule has 0 aliphatic rings. The van der Waals surface area contributed by atoms with Gasteiger partial charge in [-0.1, -0.05) is 0 Å². The van der Waals surface area contributed by atoms with E-state index in [0.29, 0.717) is 13.0 Å². The van der Waals surface area contributed by atoms with E-state index in [0.717, 1.165) is 6.07 Å². The minimum Gasteiger partial charge on any atom is -0.476 e. The van der Waals surface area contributed by atoms with Crippen LogP contribution in [0.3, 0.4) is 0 Å². The van der Waals surface area contributed by atoms with Crippen molar-refractivity contribution >= 4 is 5.69 Å². The van der Waals surface area contributed by atoms with Crippen LogP contribution in [-0.4, -0.2) is 46.9 Å². The van der Waals surface area contributed by atoms with Gasteiger partial charge >= 0.3 is 5.69 Å². The number of pyridine rings is 1. The minimum absolute atomic E-state index is 0.134. The molecule has 0 aliphatic carbocycles. The minimum atomic E-state index is -1.23. The largest absolute Gasteiger partial charge is 0.476 e. The molecule has 106 valence electrons. The van der Waals surface area contributed by atoms with E-state index < -0.39 is 17.1 Å². The second-order valence-electron chi connectivity index (χ2n) is 3.96. The molecule has 1 aromatic heterocycles. The third-order valence-electron chi connectivity index (χ3n) is 2.64. The summed E-state index contributed by atoms with van der Waals surface area (Å²) in [6.45, 7) is 0.518. The van der Waals surface area contributed by atoms with Crippen LogP contribution in [-0.2, 0) is 0 Å². The van der Waals surface area contributed by atoms with E-state index in [4.69, 9.17) is 4.74 Å². The fraction of sp³-hybridized carbons (Fsp3) is 0.545. The van der Waals surface area contributed by atoms with Crippen molar-refractivity contribution in [2.75, 3.05) is 20.7 Å². The molecule has 0 aromatic carbocycles. The third kappa shape index (κ3) is 3.85. The van der Waals surface area contributed by atoms with Gasteiger partial charge in [0.05, 0.1) is 18.1 Å². The quantitative estimate of drug-likeness (QED) is 0.472. The zero-order valence-electron chi connectivity index (χ0n) is 10.7. The summed E-state index contributed by atoms with van der Waals surface area (Å²) in [5.74, 6) is -0.134. The van der Waals surface area contributed by atoms with Crippen LogP contribution in [0.15, 0.2) is 12.3 Å². The summed E-state index contributed by atoms with van der Waals surface area (Å²) in [5.41, 5.74) is -0.170. The van der Waals surface area contributed by atoms with Crippen molar-refractivity contribution in [2.24, 2.45) is 0 Å². The maximum atomic E-state index is 10.8. The molecule has 0 aliphatic heterocycles. The van der Waals surface area contributed by atoms with Crippen LogP contribution in [0.5, 0.6) is 5.88 Å². The van der Waals surface area contributed by atoms with Crippen LogP contribution in [0.4, 0.5) is 5.69 Å². The van der Waals surface area contributed by atoms with E-state index in [2.05, 4.69) is 10.3 Å². The number of aliphatic hydroxyl groups excluding tert-OH is 2. The fourth-order valence-corrected chi connectivity index (χ4v) is 1.58. The number of hydrogen-bond acceptors (Lipinski definition) is 7. The molecule has 1 heterocycles. The first kappa shape index (κ1) is 15.3. The van der Waals surface area contributed by atoms with Crippen LogP contribution >= 0.6 is 0 Å². The van der Waals surface area contributed by atoms with Gasteiger partial charge in [0.15, 0.2) is 0 Å². The molecule has 0 saturated heterocycles. The summed E-state index contributed by atoms with van der Waals surface area (Å²) < 4.78 is 4.76. The van der Waals surface area contributed by atoms with E-state index in [1.807, 2.05) is 0 Å². The summed E-state index contributed by atoms with van der Waals surface area (Å²) in [6.07, 6.45) is -0.691. The van der Waals surface area contributed by atoms with Crippen LogP contribution in [0.2, 0.25) is 0 Å². The van der Waals surface area contributed by atoms with E-state index in [9.17, 15) is 20.3 Å². The molecule has 3 N–H and O–H groups in total. The molecule has 0 saturated carbocycles. The summed E-state index contributed by atoms with van der Waals surface area (Å²) in [5, 5.41) is 33.3. The normalized spacial score (nSPS) is 13.9. The van der Waals surface area contributed by atoms with Gasteiger partial charge in [-0.2, -0.15) is 0 Å². The number of rotatable bonds is 7. The maximum Gasteiger partial charge on any atom is 0.331 e. The van der Waals surface area contributed by atoms with Crippen molar-refractivity contribution in [3.63, 3.8) is 0 Å².